The normalized spacial score (nSPS) is 26.4. The van der Waals surface area contributed by atoms with Crippen LogP contribution < -0.4 is 4.65 Å². The Bertz CT molecular complexity index is 3930. The maximum atomic E-state index is 11.6. The highest BCUT2D eigenvalue weighted by Gasteiger charge is 2.49. The van der Waals surface area contributed by atoms with Gasteiger partial charge in [0.25, 0.3) is 0 Å². The summed E-state index contributed by atoms with van der Waals surface area (Å²) in [4.78, 5) is 24.5. The molecule has 0 amide bonds. The van der Waals surface area contributed by atoms with Crippen molar-refractivity contribution in [2.75, 3.05) is 13.2 Å². The van der Waals surface area contributed by atoms with E-state index in [0.717, 1.165) is 77.0 Å². The molecule has 18 atom stereocenters. The quantitative estimate of drug-likeness (QED) is 0.0359. The van der Waals surface area contributed by atoms with E-state index in [-0.39, 0.29) is 36.1 Å². The summed E-state index contributed by atoms with van der Waals surface area (Å²) in [6.07, 6.45) is -9.85. The smallest absolute Gasteiger partial charge is 0.537 e. The van der Waals surface area contributed by atoms with Crippen LogP contribution in [0.3, 0.4) is 0 Å². The Morgan fingerprint density at radius 1 is 0.526 bits per heavy atom. The number of aromatic nitrogens is 3. The largest absolute Gasteiger partial charge is 0.569 e. The van der Waals surface area contributed by atoms with E-state index in [1.807, 2.05) is 123 Å². The minimum Gasteiger partial charge on any atom is -0.537 e. The van der Waals surface area contributed by atoms with Crippen molar-refractivity contribution in [3.05, 3.63) is 202 Å². The predicted octanol–water partition coefficient (Wildman–Crippen LogP) is 8.55. The number of fused-ring (bicyclic) bond motifs is 3. The molecule has 6 unspecified atom stereocenters. The van der Waals surface area contributed by atoms with Crippen LogP contribution in [0, 0.1) is 32.6 Å². The Labute approximate surface area is 573 Å². The molecule has 0 spiro atoms. The van der Waals surface area contributed by atoms with Gasteiger partial charge < -0.3 is 79.7 Å². The van der Waals surface area contributed by atoms with Gasteiger partial charge in [-0.1, -0.05) is 116 Å². The van der Waals surface area contributed by atoms with Crippen LogP contribution in [-0.2, 0) is 23.7 Å². The highest BCUT2D eigenvalue weighted by atomic mass is 79.9. The van der Waals surface area contributed by atoms with Crippen LogP contribution >= 0.6 is 15.9 Å². The molecule has 6 aromatic carbocycles. The summed E-state index contributed by atoms with van der Waals surface area (Å²) in [7, 11) is 0.664. The maximum Gasteiger partial charge on any atom is 0.569 e. The van der Waals surface area contributed by atoms with Crippen molar-refractivity contribution in [2.45, 2.75) is 159 Å². The molecule has 11 N–H and O–H groups in total. The number of aryl methyl sites for hydroxylation is 3. The lowest BCUT2D eigenvalue weighted by Gasteiger charge is -2.46. The molecule has 3 aliphatic rings. The van der Waals surface area contributed by atoms with Crippen LogP contribution in [0.2, 0.25) is 0 Å². The third-order valence-corrected chi connectivity index (χ3v) is 19.3. The molecule has 6 heterocycles. The van der Waals surface area contributed by atoms with E-state index in [4.69, 9.17) is 28.6 Å². The summed E-state index contributed by atoms with van der Waals surface area (Å²) in [6, 6.07) is 46.4. The van der Waals surface area contributed by atoms with Gasteiger partial charge in [0.15, 0.2) is 0 Å². The molecule has 1 radical (unpaired) electrons. The van der Waals surface area contributed by atoms with Crippen molar-refractivity contribution in [3.63, 3.8) is 0 Å². The number of aliphatic hydroxyl groups excluding tert-OH is 10. The number of ether oxygens (including phenoxy) is 4. The molecule has 12 rings (SSSR count). The van der Waals surface area contributed by atoms with Gasteiger partial charge in [0.1, 0.15) is 91.2 Å². The molecule has 0 aliphatic carbocycles. The van der Waals surface area contributed by atoms with Crippen LogP contribution in [0.1, 0.15) is 92.5 Å². The summed E-state index contributed by atoms with van der Waals surface area (Å²) in [5.74, 6) is 1.17. The van der Waals surface area contributed by atoms with Crippen molar-refractivity contribution in [1.82, 2.24) is 15.0 Å². The first kappa shape index (κ1) is 74.0. The lowest BCUT2D eigenvalue weighted by Crippen LogP contribution is -2.59. The number of nitrogens with zero attached hydrogens (tertiary/aromatic N) is 3. The summed E-state index contributed by atoms with van der Waals surface area (Å²) < 4.78 is 29.0. The molecule has 3 aromatic heterocycles. The second-order valence-corrected chi connectivity index (χ2v) is 26.1. The van der Waals surface area contributed by atoms with Crippen LogP contribution in [0.15, 0.2) is 169 Å². The fourth-order valence-electron chi connectivity index (χ4n) is 13.1. The molecule has 3 saturated heterocycles. The minimum atomic E-state index is -1.53. The minimum absolute atomic E-state index is 0.120. The summed E-state index contributed by atoms with van der Waals surface area (Å²) in [5, 5.41) is 112. The third kappa shape index (κ3) is 17.3. The highest BCUT2D eigenvalue weighted by Crippen LogP contribution is 2.42. The fraction of sp³-hybridized carbons (Fsp3) is 0.387. The monoisotopic (exact) mass is 1390 g/mol. The fourth-order valence-corrected chi connectivity index (χ4v) is 13.6. The number of benzene rings is 6. The Hall–Kier alpha value is -7.20. The van der Waals surface area contributed by atoms with Gasteiger partial charge in [-0.3, -0.25) is 19.7 Å². The lowest BCUT2D eigenvalue weighted by molar-refractivity contribution is -0.250. The second kappa shape index (κ2) is 33.6. The molecule has 97 heavy (non-hydrogen) atoms. The molecular weight excluding hydrogens is 1310 g/mol. The number of halogens is 1. The Morgan fingerprint density at radius 3 is 1.36 bits per heavy atom. The third-order valence-electron chi connectivity index (χ3n) is 18.8. The first-order valence-electron chi connectivity index (χ1n) is 32.4. The Morgan fingerprint density at radius 2 is 0.938 bits per heavy atom. The number of pyridine rings is 3. The van der Waals surface area contributed by atoms with Gasteiger partial charge in [-0.05, 0) is 162 Å². The summed E-state index contributed by atoms with van der Waals surface area (Å²) in [6.45, 7) is 14.9. The Kier molecular flexibility index (Phi) is 25.6. The van der Waals surface area contributed by atoms with E-state index in [1.165, 1.54) is 18.1 Å². The van der Waals surface area contributed by atoms with Crippen LogP contribution in [0.25, 0.3) is 55.0 Å². The summed E-state index contributed by atoms with van der Waals surface area (Å²) >= 11 is 3.52. The van der Waals surface area contributed by atoms with Gasteiger partial charge in [-0.15, -0.1) is 0 Å². The van der Waals surface area contributed by atoms with Gasteiger partial charge in [0.2, 0.25) is 0 Å². The molecule has 20 nitrogen and oxygen atoms in total. The standard InChI is InChI=1S/2C23H25NO6.C20H29BrO3.C9H7BNO2/c2*1-12-9-13(14-5-7-17-15(10-14)3-2-8-24-17)4-6-16(12)19(26)23-22(29)21(28)20(27)18(11-25)30-23;1-7-18-12(3)13(4)19(23-15(6)22)20(24-18)14(5)17-9-8-16(21)10-11(17)2;12-10-13-8-3-4-9-7(6-8)2-1-5-11-9/h2*2-10,18-23,25-29H,11H2,1H3;8-10,12-14,18-20H,7H2,1-6H3;1-6,12H/t2*18?,19-,20-,21+,22?,23-;12-,13-,14+,18?,19?,20+;/m110./s1. The van der Waals surface area contributed by atoms with Crippen molar-refractivity contribution >= 4 is 62.3 Å². The number of aliphatic hydroxyl groups is 10. The number of esters is 1. The van der Waals surface area contributed by atoms with Gasteiger partial charge >= 0.3 is 13.7 Å². The van der Waals surface area contributed by atoms with Gasteiger partial charge in [-0.2, -0.15) is 0 Å². The molecule has 0 bridgehead atoms. The van der Waals surface area contributed by atoms with E-state index in [2.05, 4.69) is 83.7 Å². The maximum absolute atomic E-state index is 11.6. The summed E-state index contributed by atoms with van der Waals surface area (Å²) in [5.41, 5.74) is 11.8. The van der Waals surface area contributed by atoms with Gasteiger partial charge in [0.05, 0.1) is 35.9 Å². The SMILES string of the molecule is CCC1O[C@H]([C@H](C)c2ccc(Br)cc2C)C(OC(C)=O)[C@@H](C)[C@@H]1C.Cc1cc(-c2ccc3ncccc3c2)ccc1[C@@H](O)[C@H]1OC(CO)[C@@H](O)[C@H](O)C1O.Cc1cc(-c2ccc3ncccc3c2)ccc1[C@@H](O)[C@H]1OC(CO)[C@@H](O)[C@H](O)C1O.O[B]Oc1ccc2ncccc2c1. The van der Waals surface area contributed by atoms with Crippen molar-refractivity contribution in [2.24, 2.45) is 11.8 Å². The molecule has 3 fully saturated rings. The molecule has 513 valence electrons. The molecule has 3 aliphatic heterocycles. The lowest BCUT2D eigenvalue weighted by atomic mass is 9.76. The first-order valence-corrected chi connectivity index (χ1v) is 33.2. The topological polar surface area (TPSA) is 324 Å². The number of hydrogen-bond acceptors (Lipinski definition) is 20. The molecule has 0 saturated carbocycles. The number of hydrogen-bond donors (Lipinski definition) is 11. The number of rotatable bonds is 14. The first-order chi connectivity index (χ1) is 46.5. The van der Waals surface area contributed by atoms with Crippen molar-refractivity contribution in [1.29, 1.82) is 0 Å². The average Bonchev–Trinajstić information content (AvgIpc) is 0.799. The van der Waals surface area contributed by atoms with Gasteiger partial charge in [0, 0.05) is 58.0 Å². The van der Waals surface area contributed by atoms with E-state index in [9.17, 15) is 55.9 Å². The molecule has 22 heteroatoms. The van der Waals surface area contributed by atoms with Crippen LogP contribution in [0.4, 0.5) is 0 Å². The van der Waals surface area contributed by atoms with Crippen LogP contribution in [0.5, 0.6) is 5.75 Å². The zero-order chi connectivity index (χ0) is 69.9. The molecule has 9 aromatic rings. The average molecular weight is 1390 g/mol. The number of carbonyl (C=O) groups excluding carboxylic acids is 1. The van der Waals surface area contributed by atoms with Crippen molar-refractivity contribution < 1.29 is 84.5 Å². The van der Waals surface area contributed by atoms with Gasteiger partial charge in [-0.25, -0.2) is 0 Å². The highest BCUT2D eigenvalue weighted by molar-refractivity contribution is 9.10. The van der Waals surface area contributed by atoms with E-state index >= 15 is 0 Å². The number of carbonyl (C=O) groups is 1. The van der Waals surface area contributed by atoms with Crippen molar-refractivity contribution in [3.8, 4) is 28.0 Å². The van der Waals surface area contributed by atoms with E-state index in [1.54, 1.807) is 36.8 Å². The predicted molar refractivity (Wildman–Crippen MR) is 372 cm³/mol. The Balaban J connectivity index is 0.000000157. The second-order valence-electron chi connectivity index (χ2n) is 25.2. The zero-order valence-electron chi connectivity index (χ0n) is 55.3. The van der Waals surface area contributed by atoms with E-state index in [0.29, 0.717) is 30.5 Å². The van der Waals surface area contributed by atoms with E-state index < -0.39 is 86.5 Å². The zero-order valence-corrected chi connectivity index (χ0v) is 56.9. The van der Waals surface area contributed by atoms with Crippen LogP contribution in [-0.4, -0.2) is 177 Å². The molecular formula is C75H86BBrN3O17.